The van der Waals surface area contributed by atoms with Gasteiger partial charge in [0.15, 0.2) is 0 Å². The van der Waals surface area contributed by atoms with Gasteiger partial charge in [0.25, 0.3) is 11.8 Å². The van der Waals surface area contributed by atoms with E-state index in [2.05, 4.69) is 5.32 Å². The van der Waals surface area contributed by atoms with Crippen LogP contribution in [0.25, 0.3) is 0 Å². The maximum atomic E-state index is 13.2. The number of hydrogen-bond donors (Lipinski definition) is 1. The summed E-state index contributed by atoms with van der Waals surface area (Å²) in [7, 11) is 0. The molecular formula is C24H18F4N2O2. The highest BCUT2D eigenvalue weighted by atomic mass is 19.4. The zero-order valence-electron chi connectivity index (χ0n) is 16.7. The SMILES string of the molecule is O=C(Nc1cccc(C(F)(F)F)c1)c1ccc2c(c1)CCCN2C(=O)c1ccc(F)cc1. The lowest BCUT2D eigenvalue weighted by Crippen LogP contribution is -2.35. The minimum absolute atomic E-state index is 0.0376. The molecular weight excluding hydrogens is 424 g/mol. The van der Waals surface area contributed by atoms with Crippen LogP contribution in [0.2, 0.25) is 0 Å². The van der Waals surface area contributed by atoms with Gasteiger partial charge in [0.2, 0.25) is 0 Å². The standard InChI is InChI=1S/C24H18F4N2O2/c25-19-9-6-15(7-10-19)23(32)30-12-2-3-16-13-17(8-11-21(16)30)22(31)29-20-5-1-4-18(14-20)24(26,27)28/h1,4-11,13-14H,2-3,12H2,(H,29,31). The molecule has 0 spiro atoms. The zero-order valence-corrected chi connectivity index (χ0v) is 16.7. The number of aryl methyl sites for hydroxylation is 1. The molecule has 1 heterocycles. The quantitative estimate of drug-likeness (QED) is 0.530. The molecule has 164 valence electrons. The number of anilines is 2. The van der Waals surface area contributed by atoms with Gasteiger partial charge in [-0.15, -0.1) is 0 Å². The monoisotopic (exact) mass is 442 g/mol. The normalized spacial score (nSPS) is 13.4. The van der Waals surface area contributed by atoms with Crippen molar-refractivity contribution in [3.8, 4) is 0 Å². The fourth-order valence-corrected chi connectivity index (χ4v) is 3.67. The minimum atomic E-state index is -4.51. The molecule has 0 fully saturated rings. The van der Waals surface area contributed by atoms with Crippen molar-refractivity contribution in [1.29, 1.82) is 0 Å². The third-order valence-corrected chi connectivity index (χ3v) is 5.24. The van der Waals surface area contributed by atoms with Gasteiger partial charge in [-0.1, -0.05) is 6.07 Å². The fourth-order valence-electron chi connectivity index (χ4n) is 3.67. The van der Waals surface area contributed by atoms with Crippen molar-refractivity contribution >= 4 is 23.2 Å². The van der Waals surface area contributed by atoms with Gasteiger partial charge in [-0.05, 0) is 79.1 Å². The molecule has 1 aliphatic rings. The Kier molecular flexibility index (Phi) is 5.69. The average molecular weight is 442 g/mol. The number of benzene rings is 3. The Balaban J connectivity index is 1.55. The highest BCUT2D eigenvalue weighted by Crippen LogP contribution is 2.32. The summed E-state index contributed by atoms with van der Waals surface area (Å²) in [6.45, 7) is 0.485. The number of carbonyl (C=O) groups excluding carboxylic acids is 2. The lowest BCUT2D eigenvalue weighted by atomic mass is 9.98. The molecule has 0 bridgehead atoms. The van der Waals surface area contributed by atoms with E-state index in [1.54, 1.807) is 17.0 Å². The summed E-state index contributed by atoms with van der Waals surface area (Å²) in [4.78, 5) is 27.1. The zero-order chi connectivity index (χ0) is 22.9. The van der Waals surface area contributed by atoms with Crippen LogP contribution in [0.1, 0.15) is 38.3 Å². The molecule has 3 aromatic rings. The predicted octanol–water partition coefficient (Wildman–Crippen LogP) is 5.69. The Bertz CT molecular complexity index is 1170. The maximum Gasteiger partial charge on any atom is 0.416 e. The molecule has 0 atom stereocenters. The first-order valence-electron chi connectivity index (χ1n) is 9.91. The number of halogens is 4. The number of amides is 2. The Morgan fingerprint density at radius 3 is 2.34 bits per heavy atom. The Labute approximate surface area is 181 Å². The van der Waals surface area contributed by atoms with Crippen molar-refractivity contribution in [2.45, 2.75) is 19.0 Å². The molecule has 0 aliphatic carbocycles. The summed E-state index contributed by atoms with van der Waals surface area (Å²) < 4.78 is 51.9. The number of alkyl halides is 3. The molecule has 4 rings (SSSR count). The summed E-state index contributed by atoms with van der Waals surface area (Å²) in [5.74, 6) is -1.25. The predicted molar refractivity (Wildman–Crippen MR) is 112 cm³/mol. The minimum Gasteiger partial charge on any atom is -0.322 e. The van der Waals surface area contributed by atoms with Gasteiger partial charge in [-0.2, -0.15) is 13.2 Å². The van der Waals surface area contributed by atoms with E-state index in [0.717, 1.165) is 17.7 Å². The second-order valence-electron chi connectivity index (χ2n) is 7.44. The van der Waals surface area contributed by atoms with E-state index in [0.29, 0.717) is 30.6 Å². The Morgan fingerprint density at radius 2 is 1.62 bits per heavy atom. The highest BCUT2D eigenvalue weighted by Gasteiger charge is 2.30. The van der Waals surface area contributed by atoms with Crippen LogP contribution >= 0.6 is 0 Å². The molecule has 4 nitrogen and oxygen atoms in total. The number of nitrogens with zero attached hydrogens (tertiary/aromatic N) is 1. The molecule has 1 N–H and O–H groups in total. The number of carbonyl (C=O) groups is 2. The van der Waals surface area contributed by atoms with Crippen LogP contribution in [-0.4, -0.2) is 18.4 Å². The van der Waals surface area contributed by atoms with Crippen LogP contribution in [0.15, 0.2) is 66.7 Å². The highest BCUT2D eigenvalue weighted by molar-refractivity contribution is 6.08. The van der Waals surface area contributed by atoms with E-state index in [9.17, 15) is 27.2 Å². The lowest BCUT2D eigenvalue weighted by molar-refractivity contribution is -0.137. The van der Waals surface area contributed by atoms with Gasteiger partial charge in [-0.25, -0.2) is 4.39 Å². The second-order valence-corrected chi connectivity index (χ2v) is 7.44. The van der Waals surface area contributed by atoms with E-state index < -0.39 is 23.5 Å². The summed E-state index contributed by atoms with van der Waals surface area (Å²) >= 11 is 0. The van der Waals surface area contributed by atoms with Crippen LogP contribution in [0.4, 0.5) is 28.9 Å². The lowest BCUT2D eigenvalue weighted by Gasteiger charge is -2.30. The van der Waals surface area contributed by atoms with Gasteiger partial charge in [0.05, 0.1) is 5.56 Å². The number of nitrogens with one attached hydrogen (secondary N) is 1. The van der Waals surface area contributed by atoms with Gasteiger partial charge >= 0.3 is 6.18 Å². The molecule has 3 aromatic carbocycles. The summed E-state index contributed by atoms with van der Waals surface area (Å²) in [6, 6.07) is 14.5. The topological polar surface area (TPSA) is 49.4 Å². The molecule has 0 saturated heterocycles. The Hall–Kier alpha value is -3.68. The molecule has 2 amide bonds. The van der Waals surface area contributed by atoms with Crippen molar-refractivity contribution in [3.05, 3.63) is 94.8 Å². The van der Waals surface area contributed by atoms with Crippen LogP contribution in [0, 0.1) is 5.82 Å². The molecule has 0 saturated carbocycles. The van der Waals surface area contributed by atoms with Gasteiger partial charge in [-0.3, -0.25) is 9.59 Å². The van der Waals surface area contributed by atoms with Crippen LogP contribution in [0.5, 0.6) is 0 Å². The molecule has 0 unspecified atom stereocenters. The van der Waals surface area contributed by atoms with Gasteiger partial charge < -0.3 is 10.2 Å². The number of rotatable bonds is 3. The van der Waals surface area contributed by atoms with Crippen molar-refractivity contribution in [1.82, 2.24) is 0 Å². The smallest absolute Gasteiger partial charge is 0.322 e. The summed E-state index contributed by atoms with van der Waals surface area (Å²) in [5.41, 5.74) is 1.25. The van der Waals surface area contributed by atoms with Crippen LogP contribution in [0.3, 0.4) is 0 Å². The van der Waals surface area contributed by atoms with Gasteiger partial charge in [0.1, 0.15) is 5.82 Å². The van der Waals surface area contributed by atoms with Crippen molar-refractivity contribution in [2.24, 2.45) is 0 Å². The van der Waals surface area contributed by atoms with Crippen molar-refractivity contribution < 1.29 is 27.2 Å². The first kappa shape index (κ1) is 21.5. The van der Waals surface area contributed by atoms with Crippen LogP contribution in [-0.2, 0) is 12.6 Å². The number of fused-ring (bicyclic) bond motifs is 1. The third kappa shape index (κ3) is 4.49. The first-order valence-corrected chi connectivity index (χ1v) is 9.91. The van der Waals surface area contributed by atoms with Gasteiger partial charge in [0, 0.05) is 29.0 Å². The molecule has 0 radical (unpaired) electrons. The maximum absolute atomic E-state index is 13.2. The van der Waals surface area contributed by atoms with Crippen molar-refractivity contribution in [3.63, 3.8) is 0 Å². The van der Waals surface area contributed by atoms with Crippen molar-refractivity contribution in [2.75, 3.05) is 16.8 Å². The van der Waals surface area contributed by atoms with E-state index >= 15 is 0 Å². The Morgan fingerprint density at radius 1 is 0.906 bits per heavy atom. The molecule has 8 heteroatoms. The largest absolute Gasteiger partial charge is 0.416 e. The molecule has 0 aromatic heterocycles. The van der Waals surface area contributed by atoms with Crippen LogP contribution < -0.4 is 10.2 Å². The summed E-state index contributed by atoms with van der Waals surface area (Å²) in [6.07, 6.45) is -3.18. The molecule has 32 heavy (non-hydrogen) atoms. The second kappa shape index (κ2) is 8.45. The summed E-state index contributed by atoms with van der Waals surface area (Å²) in [5, 5.41) is 2.49. The molecule has 1 aliphatic heterocycles. The van der Waals surface area contributed by atoms with E-state index in [-0.39, 0.29) is 17.2 Å². The third-order valence-electron chi connectivity index (χ3n) is 5.24. The van der Waals surface area contributed by atoms with E-state index in [1.807, 2.05) is 0 Å². The van der Waals surface area contributed by atoms with E-state index in [4.69, 9.17) is 0 Å². The first-order chi connectivity index (χ1) is 15.2. The number of hydrogen-bond acceptors (Lipinski definition) is 2. The van der Waals surface area contributed by atoms with E-state index in [1.165, 1.54) is 42.5 Å². The average Bonchev–Trinajstić information content (AvgIpc) is 2.78. The fraction of sp³-hybridized carbons (Fsp3) is 0.167.